The van der Waals surface area contributed by atoms with Crippen molar-refractivity contribution in [3.8, 4) is 0 Å². The highest BCUT2D eigenvalue weighted by molar-refractivity contribution is 9.10. The second kappa shape index (κ2) is 7.04. The quantitative estimate of drug-likeness (QED) is 0.820. The summed E-state index contributed by atoms with van der Waals surface area (Å²) in [6.45, 7) is 2.85. The first-order chi connectivity index (χ1) is 9.65. The van der Waals surface area contributed by atoms with Crippen molar-refractivity contribution in [1.29, 1.82) is 0 Å². The molecule has 0 fully saturated rings. The summed E-state index contributed by atoms with van der Waals surface area (Å²) < 4.78 is 16.1. The zero-order valence-corrected chi connectivity index (χ0v) is 13.5. The van der Waals surface area contributed by atoms with Gasteiger partial charge < -0.3 is 9.88 Å². The van der Waals surface area contributed by atoms with Crippen LogP contribution in [0.25, 0.3) is 0 Å². The summed E-state index contributed by atoms with van der Waals surface area (Å²) in [6, 6.07) is 7.66. The van der Waals surface area contributed by atoms with Gasteiger partial charge in [-0.1, -0.05) is 25.5 Å². The summed E-state index contributed by atoms with van der Waals surface area (Å²) in [5.74, 6) is -0.214. The molecule has 1 atom stereocenters. The molecule has 1 heterocycles. The first-order valence-electron chi connectivity index (χ1n) is 6.91. The summed E-state index contributed by atoms with van der Waals surface area (Å²) in [4.78, 5) is 0. The van der Waals surface area contributed by atoms with Gasteiger partial charge in [-0.2, -0.15) is 0 Å². The lowest BCUT2D eigenvalue weighted by Crippen LogP contribution is -2.15. The molecule has 2 aromatic rings. The lowest BCUT2D eigenvalue weighted by molar-refractivity contribution is 0.540. The molecular formula is C16H20BrFN2. The van der Waals surface area contributed by atoms with Gasteiger partial charge in [-0.3, -0.25) is 0 Å². The summed E-state index contributed by atoms with van der Waals surface area (Å²) in [7, 11) is 1.99. The Morgan fingerprint density at radius 1 is 1.35 bits per heavy atom. The lowest BCUT2D eigenvalue weighted by atomic mass is 10.1. The van der Waals surface area contributed by atoms with E-state index < -0.39 is 0 Å². The highest BCUT2D eigenvalue weighted by Crippen LogP contribution is 2.23. The Hall–Kier alpha value is -1.13. The second-order valence-corrected chi connectivity index (χ2v) is 5.75. The van der Waals surface area contributed by atoms with Gasteiger partial charge >= 0.3 is 0 Å². The third kappa shape index (κ3) is 3.49. The standard InChI is InChI=1S/C16H20BrFN2/c1-3-5-15(19-2)12-8-9-20(10-12)11-13-6-4-7-14(18)16(13)17/h4,6-10,15,19H,3,5,11H2,1-2H3. The van der Waals surface area contributed by atoms with E-state index >= 15 is 0 Å². The molecule has 0 aliphatic rings. The molecule has 1 aromatic carbocycles. The molecule has 1 aromatic heterocycles. The average molecular weight is 339 g/mol. The SMILES string of the molecule is CCCC(NC)c1ccn(Cc2cccc(F)c2Br)c1. The van der Waals surface area contributed by atoms with Gasteiger partial charge in [0.1, 0.15) is 5.82 Å². The lowest BCUT2D eigenvalue weighted by Gasteiger charge is -2.13. The van der Waals surface area contributed by atoms with Crippen LogP contribution in [-0.2, 0) is 6.54 Å². The normalized spacial score (nSPS) is 12.6. The monoisotopic (exact) mass is 338 g/mol. The van der Waals surface area contributed by atoms with Gasteiger partial charge in [0.2, 0.25) is 0 Å². The van der Waals surface area contributed by atoms with E-state index in [-0.39, 0.29) is 5.82 Å². The Morgan fingerprint density at radius 3 is 2.85 bits per heavy atom. The van der Waals surface area contributed by atoms with Gasteiger partial charge in [-0.05, 0) is 52.7 Å². The van der Waals surface area contributed by atoms with Gasteiger partial charge in [-0.25, -0.2) is 4.39 Å². The zero-order chi connectivity index (χ0) is 14.5. The van der Waals surface area contributed by atoms with Gasteiger partial charge in [0.05, 0.1) is 4.47 Å². The van der Waals surface area contributed by atoms with Crippen molar-refractivity contribution in [2.45, 2.75) is 32.4 Å². The van der Waals surface area contributed by atoms with Gasteiger partial charge in [0.15, 0.2) is 0 Å². The maximum Gasteiger partial charge on any atom is 0.137 e. The molecule has 1 N–H and O–H groups in total. The molecule has 0 aliphatic heterocycles. The fourth-order valence-corrected chi connectivity index (χ4v) is 2.79. The number of halogens is 2. The third-order valence-electron chi connectivity index (χ3n) is 3.49. The molecule has 2 nitrogen and oxygen atoms in total. The molecule has 20 heavy (non-hydrogen) atoms. The average Bonchev–Trinajstić information content (AvgIpc) is 2.89. The molecule has 0 aliphatic carbocycles. The molecular weight excluding hydrogens is 319 g/mol. The highest BCUT2D eigenvalue weighted by Gasteiger charge is 2.10. The number of rotatable bonds is 6. The molecule has 1 unspecified atom stereocenters. The van der Waals surface area contributed by atoms with Gasteiger partial charge in [0.25, 0.3) is 0 Å². The Labute approximate surface area is 128 Å². The van der Waals surface area contributed by atoms with E-state index in [4.69, 9.17) is 0 Å². The van der Waals surface area contributed by atoms with E-state index in [0.717, 1.165) is 18.4 Å². The van der Waals surface area contributed by atoms with E-state index in [0.29, 0.717) is 17.1 Å². The third-order valence-corrected chi connectivity index (χ3v) is 4.37. The minimum atomic E-state index is -0.214. The number of aromatic nitrogens is 1. The molecule has 4 heteroatoms. The Morgan fingerprint density at radius 2 is 2.15 bits per heavy atom. The first kappa shape index (κ1) is 15.3. The van der Waals surface area contributed by atoms with Crippen molar-refractivity contribution in [3.63, 3.8) is 0 Å². The zero-order valence-electron chi connectivity index (χ0n) is 11.9. The summed E-state index contributed by atoms with van der Waals surface area (Å²) >= 11 is 3.31. The van der Waals surface area contributed by atoms with E-state index in [9.17, 15) is 4.39 Å². The molecule has 0 bridgehead atoms. The van der Waals surface area contributed by atoms with Crippen LogP contribution in [0.3, 0.4) is 0 Å². The van der Waals surface area contributed by atoms with Crippen molar-refractivity contribution in [2.24, 2.45) is 0 Å². The van der Waals surface area contributed by atoms with Crippen LogP contribution in [0, 0.1) is 5.82 Å². The van der Waals surface area contributed by atoms with Crippen molar-refractivity contribution >= 4 is 15.9 Å². The molecule has 2 rings (SSSR count). The van der Waals surface area contributed by atoms with Gasteiger partial charge in [0, 0.05) is 25.0 Å². The highest BCUT2D eigenvalue weighted by atomic mass is 79.9. The first-order valence-corrected chi connectivity index (χ1v) is 7.70. The van der Waals surface area contributed by atoms with Crippen molar-refractivity contribution < 1.29 is 4.39 Å². The predicted octanol–water partition coefficient (Wildman–Crippen LogP) is 4.50. The maximum absolute atomic E-state index is 13.5. The van der Waals surface area contributed by atoms with Crippen LogP contribution < -0.4 is 5.32 Å². The fraction of sp³-hybridized carbons (Fsp3) is 0.375. The Balaban J connectivity index is 2.15. The van der Waals surface area contributed by atoms with Crippen LogP contribution in [0.2, 0.25) is 0 Å². The van der Waals surface area contributed by atoms with Gasteiger partial charge in [-0.15, -0.1) is 0 Å². The molecule has 0 amide bonds. The molecule has 0 saturated heterocycles. The fourth-order valence-electron chi connectivity index (χ4n) is 2.40. The molecule has 0 saturated carbocycles. The van der Waals surface area contributed by atoms with E-state index in [1.54, 1.807) is 6.07 Å². The van der Waals surface area contributed by atoms with Crippen LogP contribution in [0.4, 0.5) is 4.39 Å². The molecule has 0 radical (unpaired) electrons. The second-order valence-electron chi connectivity index (χ2n) is 4.96. The van der Waals surface area contributed by atoms with Crippen LogP contribution in [0.5, 0.6) is 0 Å². The van der Waals surface area contributed by atoms with Crippen LogP contribution in [-0.4, -0.2) is 11.6 Å². The number of hydrogen-bond donors (Lipinski definition) is 1. The van der Waals surface area contributed by atoms with Crippen molar-refractivity contribution in [2.75, 3.05) is 7.05 Å². The van der Waals surface area contributed by atoms with Crippen LogP contribution in [0.1, 0.15) is 36.9 Å². The van der Waals surface area contributed by atoms with E-state index in [1.165, 1.54) is 11.6 Å². The Kier molecular flexibility index (Phi) is 5.38. The van der Waals surface area contributed by atoms with Crippen molar-refractivity contribution in [3.05, 3.63) is 58.1 Å². The number of nitrogens with one attached hydrogen (secondary N) is 1. The number of hydrogen-bond acceptors (Lipinski definition) is 1. The number of nitrogens with zero attached hydrogens (tertiary/aromatic N) is 1. The number of benzene rings is 1. The van der Waals surface area contributed by atoms with E-state index in [2.05, 4.69) is 45.0 Å². The van der Waals surface area contributed by atoms with Crippen molar-refractivity contribution in [1.82, 2.24) is 9.88 Å². The Bertz CT molecular complexity index is 565. The predicted molar refractivity (Wildman–Crippen MR) is 84.3 cm³/mol. The maximum atomic E-state index is 13.5. The van der Waals surface area contributed by atoms with E-state index in [1.807, 2.05) is 19.3 Å². The smallest absolute Gasteiger partial charge is 0.137 e. The molecule has 108 valence electrons. The summed E-state index contributed by atoms with van der Waals surface area (Å²) in [5.41, 5.74) is 2.23. The largest absolute Gasteiger partial charge is 0.350 e. The molecule has 0 spiro atoms. The minimum Gasteiger partial charge on any atom is -0.350 e. The summed E-state index contributed by atoms with van der Waals surface area (Å²) in [5, 5.41) is 3.33. The topological polar surface area (TPSA) is 17.0 Å². The minimum absolute atomic E-state index is 0.214. The van der Waals surface area contributed by atoms with Crippen LogP contribution in [0.15, 0.2) is 41.1 Å². The van der Waals surface area contributed by atoms with Crippen LogP contribution >= 0.6 is 15.9 Å². The summed E-state index contributed by atoms with van der Waals surface area (Å²) in [6.07, 6.45) is 6.44.